The van der Waals surface area contributed by atoms with Crippen molar-refractivity contribution in [3.63, 3.8) is 0 Å². The molecule has 0 radical (unpaired) electrons. The molecular formula is C6H9NOS. The highest BCUT2D eigenvalue weighted by Gasteiger charge is 2.04. The third-order valence-corrected chi connectivity index (χ3v) is 2.69. The van der Waals surface area contributed by atoms with Crippen molar-refractivity contribution in [2.75, 3.05) is 0 Å². The third-order valence-electron chi connectivity index (χ3n) is 1.08. The van der Waals surface area contributed by atoms with Crippen LogP contribution in [0.2, 0.25) is 0 Å². The highest BCUT2D eigenvalue weighted by Crippen LogP contribution is 2.29. The molecule has 0 saturated heterocycles. The predicted molar refractivity (Wildman–Crippen MR) is 43.1 cm³/mol. The zero-order valence-corrected chi connectivity index (χ0v) is 6.27. The number of hydrogen-bond donors (Lipinski definition) is 1. The van der Waals surface area contributed by atoms with Gasteiger partial charge in [0.15, 0.2) is 0 Å². The largest absolute Gasteiger partial charge is 0.493 e. The van der Waals surface area contributed by atoms with Crippen molar-refractivity contribution in [1.82, 2.24) is 0 Å². The van der Waals surface area contributed by atoms with Crippen LogP contribution in [0.25, 0.3) is 0 Å². The summed E-state index contributed by atoms with van der Waals surface area (Å²) in [6.07, 6.45) is 1.70. The molecule has 2 nitrogen and oxygen atoms in total. The van der Waals surface area contributed by atoms with Crippen LogP contribution in [-0.2, 0) is 0 Å². The van der Waals surface area contributed by atoms with E-state index in [9.17, 15) is 0 Å². The number of aliphatic hydroxyl groups excluding tert-OH is 1. The van der Waals surface area contributed by atoms with E-state index < -0.39 is 0 Å². The minimum atomic E-state index is -0.135. The summed E-state index contributed by atoms with van der Waals surface area (Å²) in [7, 11) is -0.135. The molecular weight excluding hydrogens is 134 g/mol. The quantitative estimate of drug-likeness (QED) is 0.516. The molecule has 1 aliphatic heterocycles. The Balaban J connectivity index is 2.96. The van der Waals surface area contributed by atoms with Gasteiger partial charge in [0.05, 0.1) is 0 Å². The Labute approximate surface area is 57.0 Å². The van der Waals surface area contributed by atoms with Gasteiger partial charge in [-0.2, -0.15) is 4.40 Å². The fraction of sp³-hybridized carbons (Fsp3) is 0.333. The van der Waals surface area contributed by atoms with Crippen LogP contribution in [0.15, 0.2) is 15.4 Å². The Morgan fingerprint density at radius 3 is 2.67 bits per heavy atom. The van der Waals surface area contributed by atoms with Crippen molar-refractivity contribution >= 4 is 21.9 Å². The van der Waals surface area contributed by atoms with Gasteiger partial charge in [-0.05, 0) is 29.9 Å². The summed E-state index contributed by atoms with van der Waals surface area (Å²) in [5, 5.41) is 10.8. The molecule has 0 aliphatic carbocycles. The smallest absolute Gasteiger partial charge is 0.218 e. The molecule has 1 unspecified atom stereocenters. The Bertz CT molecular complexity index is 215. The monoisotopic (exact) mass is 143 g/mol. The van der Waals surface area contributed by atoms with Crippen LogP contribution in [0.1, 0.15) is 13.8 Å². The van der Waals surface area contributed by atoms with Gasteiger partial charge >= 0.3 is 0 Å². The summed E-state index contributed by atoms with van der Waals surface area (Å²) >= 11 is 0. The van der Waals surface area contributed by atoms with Crippen molar-refractivity contribution in [1.29, 1.82) is 0 Å². The molecule has 1 heterocycles. The molecule has 1 atom stereocenters. The average Bonchev–Trinajstić information content (AvgIpc) is 2.10. The number of allylic oxidation sites excluding steroid dienone is 1. The minimum absolute atomic E-state index is 0.135. The van der Waals surface area contributed by atoms with Crippen molar-refractivity contribution in [3.05, 3.63) is 11.0 Å². The number of rotatable bonds is 0. The van der Waals surface area contributed by atoms with E-state index in [0.29, 0.717) is 0 Å². The predicted octanol–water partition coefficient (Wildman–Crippen LogP) is 1.87. The zero-order valence-electron chi connectivity index (χ0n) is 5.46. The van der Waals surface area contributed by atoms with Crippen LogP contribution in [0, 0.1) is 0 Å². The van der Waals surface area contributed by atoms with E-state index in [1.165, 1.54) is 0 Å². The number of aliphatic hydroxyl groups is 1. The maximum atomic E-state index is 8.86. The molecule has 0 amide bonds. The van der Waals surface area contributed by atoms with Gasteiger partial charge in [-0.15, -0.1) is 0 Å². The lowest BCUT2D eigenvalue weighted by atomic mass is 10.5. The van der Waals surface area contributed by atoms with Crippen LogP contribution in [0.5, 0.6) is 0 Å². The molecule has 0 fully saturated rings. The van der Waals surface area contributed by atoms with Gasteiger partial charge in [0, 0.05) is 11.0 Å². The van der Waals surface area contributed by atoms with Gasteiger partial charge in [0.2, 0.25) is 5.90 Å². The van der Waals surface area contributed by atoms with Gasteiger partial charge < -0.3 is 5.11 Å². The van der Waals surface area contributed by atoms with Crippen molar-refractivity contribution < 1.29 is 5.11 Å². The summed E-state index contributed by atoms with van der Waals surface area (Å²) in [6.45, 7) is 3.92. The molecule has 3 heteroatoms. The molecule has 0 aromatic carbocycles. The molecule has 0 aromatic rings. The first-order valence-electron chi connectivity index (χ1n) is 2.72. The first-order chi connectivity index (χ1) is 4.24. The molecule has 0 spiro atoms. The van der Waals surface area contributed by atoms with E-state index in [4.69, 9.17) is 5.11 Å². The van der Waals surface area contributed by atoms with Gasteiger partial charge in [-0.3, -0.25) is 0 Å². The fourth-order valence-electron chi connectivity index (χ4n) is 0.680. The standard InChI is InChI=1S/C6H9NOS/c1-3-9-5(2)4-6(8)7-9/h3-4H,1-2H3,(H,7,8). The fourth-order valence-corrected chi connectivity index (χ4v) is 1.78. The molecule has 1 N–H and O–H groups in total. The molecule has 0 bridgehead atoms. The number of hydrogen-bond acceptors (Lipinski definition) is 1. The Morgan fingerprint density at radius 2 is 2.44 bits per heavy atom. The lowest BCUT2D eigenvalue weighted by Crippen LogP contribution is -1.81. The van der Waals surface area contributed by atoms with E-state index in [1.54, 1.807) is 6.08 Å². The Hall–Kier alpha value is -0.570. The van der Waals surface area contributed by atoms with Crippen LogP contribution < -0.4 is 0 Å². The second kappa shape index (κ2) is 2.35. The van der Waals surface area contributed by atoms with Gasteiger partial charge in [0.25, 0.3) is 0 Å². The van der Waals surface area contributed by atoms with E-state index in [2.05, 4.69) is 4.40 Å². The van der Waals surface area contributed by atoms with Gasteiger partial charge in [-0.25, -0.2) is 0 Å². The lowest BCUT2D eigenvalue weighted by Gasteiger charge is -1.91. The first-order valence-corrected chi connectivity index (χ1v) is 3.97. The zero-order chi connectivity index (χ0) is 6.85. The molecule has 9 heavy (non-hydrogen) atoms. The second-order valence-electron chi connectivity index (χ2n) is 1.75. The minimum Gasteiger partial charge on any atom is -0.493 e. The third kappa shape index (κ3) is 1.21. The van der Waals surface area contributed by atoms with Crippen LogP contribution >= 0.6 is 10.7 Å². The summed E-state index contributed by atoms with van der Waals surface area (Å²) in [6, 6.07) is 0. The topological polar surface area (TPSA) is 32.6 Å². The SMILES string of the molecule is C/C=S1\N=C(O)C=C1C. The van der Waals surface area contributed by atoms with E-state index >= 15 is 0 Å². The van der Waals surface area contributed by atoms with E-state index in [-0.39, 0.29) is 16.6 Å². The maximum Gasteiger partial charge on any atom is 0.218 e. The van der Waals surface area contributed by atoms with Crippen molar-refractivity contribution in [2.24, 2.45) is 4.40 Å². The summed E-state index contributed by atoms with van der Waals surface area (Å²) in [4.78, 5) is 1.13. The Morgan fingerprint density at radius 1 is 1.78 bits per heavy atom. The highest BCUT2D eigenvalue weighted by molar-refractivity contribution is 8.17. The summed E-state index contributed by atoms with van der Waals surface area (Å²) in [5.74, 6) is 0.161. The van der Waals surface area contributed by atoms with Crippen LogP contribution in [0.4, 0.5) is 0 Å². The van der Waals surface area contributed by atoms with Gasteiger partial charge in [0.1, 0.15) is 0 Å². The molecule has 50 valence electrons. The van der Waals surface area contributed by atoms with Crippen molar-refractivity contribution in [3.8, 4) is 0 Å². The summed E-state index contributed by atoms with van der Waals surface area (Å²) in [5.41, 5.74) is 0. The first kappa shape index (κ1) is 6.55. The van der Waals surface area contributed by atoms with Crippen LogP contribution in [0.3, 0.4) is 0 Å². The average molecular weight is 143 g/mol. The number of nitrogens with zero attached hydrogens (tertiary/aromatic N) is 1. The van der Waals surface area contributed by atoms with E-state index in [0.717, 1.165) is 4.91 Å². The molecule has 1 aliphatic rings. The maximum absolute atomic E-state index is 8.86. The van der Waals surface area contributed by atoms with E-state index in [1.807, 2.05) is 19.2 Å². The lowest BCUT2D eigenvalue weighted by molar-refractivity contribution is 0.561. The molecule has 1 rings (SSSR count). The summed E-state index contributed by atoms with van der Waals surface area (Å²) < 4.78 is 3.94. The highest BCUT2D eigenvalue weighted by atomic mass is 32.2. The van der Waals surface area contributed by atoms with Crippen molar-refractivity contribution in [2.45, 2.75) is 13.8 Å². The normalized spacial score (nSPS) is 26.2. The molecule has 0 aromatic heterocycles. The van der Waals surface area contributed by atoms with Gasteiger partial charge in [-0.1, -0.05) is 0 Å². The van der Waals surface area contributed by atoms with Crippen LogP contribution in [-0.4, -0.2) is 16.4 Å². The molecule has 0 saturated carbocycles. The Kier molecular flexibility index (Phi) is 1.71. The second-order valence-corrected chi connectivity index (χ2v) is 3.68.